The number of aromatic nitrogens is 1. The summed E-state index contributed by atoms with van der Waals surface area (Å²) in [6.07, 6.45) is 1.52. The van der Waals surface area contributed by atoms with E-state index >= 15 is 0 Å². The number of nitrogens with zero attached hydrogens (tertiary/aromatic N) is 1. The first-order valence-corrected chi connectivity index (χ1v) is 5.71. The first-order chi connectivity index (χ1) is 9.10. The fourth-order valence-corrected chi connectivity index (χ4v) is 1.57. The van der Waals surface area contributed by atoms with Crippen molar-refractivity contribution < 1.29 is 14.6 Å². The van der Waals surface area contributed by atoms with E-state index < -0.39 is 0 Å². The number of carbonyl (C=O) groups excluding carboxylic acids is 1. The molecule has 0 atom stereocenters. The molecule has 0 bridgehead atoms. The quantitative estimate of drug-likeness (QED) is 0.886. The van der Waals surface area contributed by atoms with Crippen LogP contribution in [0.1, 0.15) is 15.9 Å². The molecule has 0 aliphatic heterocycles. The number of nitrogens with one attached hydrogen (secondary N) is 1. The third-order valence-electron chi connectivity index (χ3n) is 2.66. The van der Waals surface area contributed by atoms with E-state index in [4.69, 9.17) is 4.74 Å². The van der Waals surface area contributed by atoms with Crippen molar-refractivity contribution in [3.8, 4) is 11.6 Å². The summed E-state index contributed by atoms with van der Waals surface area (Å²) in [5.74, 6) is 0.399. The minimum Gasteiger partial charge on any atom is -0.508 e. The number of anilines is 1. The van der Waals surface area contributed by atoms with Gasteiger partial charge >= 0.3 is 0 Å². The summed E-state index contributed by atoms with van der Waals surface area (Å²) >= 11 is 0. The molecule has 5 nitrogen and oxygen atoms in total. The molecule has 0 saturated carbocycles. The average molecular weight is 258 g/mol. The Hall–Kier alpha value is -2.56. The summed E-state index contributed by atoms with van der Waals surface area (Å²) < 4.78 is 4.94. The van der Waals surface area contributed by atoms with E-state index in [0.29, 0.717) is 22.7 Å². The van der Waals surface area contributed by atoms with Gasteiger partial charge in [-0.3, -0.25) is 4.79 Å². The summed E-state index contributed by atoms with van der Waals surface area (Å²) in [5, 5.41) is 12.1. The van der Waals surface area contributed by atoms with Gasteiger partial charge < -0.3 is 15.2 Å². The van der Waals surface area contributed by atoms with Gasteiger partial charge in [-0.15, -0.1) is 0 Å². The minimum absolute atomic E-state index is 0.169. The van der Waals surface area contributed by atoms with E-state index in [-0.39, 0.29) is 11.7 Å². The number of aromatic hydroxyl groups is 1. The molecule has 0 fully saturated rings. The van der Waals surface area contributed by atoms with Crippen LogP contribution < -0.4 is 10.1 Å². The number of rotatable bonds is 3. The summed E-state index contributed by atoms with van der Waals surface area (Å²) in [7, 11) is 1.53. The molecule has 2 rings (SSSR count). The molecule has 1 amide bonds. The van der Waals surface area contributed by atoms with Crippen molar-refractivity contribution in [2.75, 3.05) is 12.4 Å². The van der Waals surface area contributed by atoms with E-state index in [9.17, 15) is 9.90 Å². The maximum atomic E-state index is 12.0. The second kappa shape index (κ2) is 5.39. The molecule has 0 radical (unpaired) electrons. The Labute approximate surface area is 110 Å². The van der Waals surface area contributed by atoms with Gasteiger partial charge in [-0.2, -0.15) is 0 Å². The molecule has 2 N–H and O–H groups in total. The van der Waals surface area contributed by atoms with E-state index in [1.165, 1.54) is 19.4 Å². The lowest BCUT2D eigenvalue weighted by Crippen LogP contribution is -2.12. The third-order valence-corrected chi connectivity index (χ3v) is 2.66. The Morgan fingerprint density at radius 2 is 2.11 bits per heavy atom. The van der Waals surface area contributed by atoms with Gasteiger partial charge in [-0.05, 0) is 36.8 Å². The fraction of sp³-hybridized carbons (Fsp3) is 0.143. The molecule has 0 spiro atoms. The number of aryl methyl sites for hydroxylation is 1. The van der Waals surface area contributed by atoms with Crippen molar-refractivity contribution in [1.82, 2.24) is 4.98 Å². The van der Waals surface area contributed by atoms with Crippen LogP contribution in [0.4, 0.5) is 5.69 Å². The fourth-order valence-electron chi connectivity index (χ4n) is 1.57. The molecular weight excluding hydrogens is 244 g/mol. The lowest BCUT2D eigenvalue weighted by molar-refractivity contribution is 0.102. The zero-order valence-electron chi connectivity index (χ0n) is 10.7. The van der Waals surface area contributed by atoms with Gasteiger partial charge in [0, 0.05) is 11.6 Å². The van der Waals surface area contributed by atoms with Crippen molar-refractivity contribution >= 4 is 11.6 Å². The summed E-state index contributed by atoms with van der Waals surface area (Å²) in [6.45, 7) is 1.74. The molecule has 1 heterocycles. The predicted molar refractivity (Wildman–Crippen MR) is 71.6 cm³/mol. The lowest BCUT2D eigenvalue weighted by atomic mass is 10.1. The van der Waals surface area contributed by atoms with E-state index in [2.05, 4.69) is 10.3 Å². The van der Waals surface area contributed by atoms with Crippen LogP contribution in [-0.2, 0) is 0 Å². The van der Waals surface area contributed by atoms with Crippen LogP contribution in [0.15, 0.2) is 36.5 Å². The van der Waals surface area contributed by atoms with E-state index in [1.807, 2.05) is 0 Å². The molecule has 0 aliphatic rings. The number of hydrogen-bond acceptors (Lipinski definition) is 4. The largest absolute Gasteiger partial charge is 0.508 e. The molecule has 98 valence electrons. The highest BCUT2D eigenvalue weighted by molar-refractivity contribution is 6.04. The van der Waals surface area contributed by atoms with Crippen LogP contribution in [0.2, 0.25) is 0 Å². The number of pyridine rings is 1. The van der Waals surface area contributed by atoms with Crippen molar-refractivity contribution in [2.24, 2.45) is 0 Å². The Balaban J connectivity index is 2.13. The predicted octanol–water partition coefficient (Wildman–Crippen LogP) is 2.36. The number of phenols is 1. The maximum absolute atomic E-state index is 12.0. The zero-order chi connectivity index (χ0) is 13.8. The second-order valence-electron chi connectivity index (χ2n) is 4.04. The molecule has 0 saturated heterocycles. The number of benzene rings is 1. The number of methoxy groups -OCH3 is 1. The third kappa shape index (κ3) is 3.01. The number of hydrogen-bond donors (Lipinski definition) is 2. The van der Waals surface area contributed by atoms with Gasteiger partial charge in [0.15, 0.2) is 0 Å². The summed E-state index contributed by atoms with van der Waals surface area (Å²) in [6, 6.07) is 8.06. The van der Waals surface area contributed by atoms with Crippen LogP contribution >= 0.6 is 0 Å². The topological polar surface area (TPSA) is 71.5 Å². The van der Waals surface area contributed by atoms with Crippen molar-refractivity contribution in [2.45, 2.75) is 6.92 Å². The number of ether oxygens (including phenoxy) is 1. The van der Waals surface area contributed by atoms with Gasteiger partial charge in [-0.25, -0.2) is 4.98 Å². The highest BCUT2D eigenvalue weighted by Gasteiger charge is 2.08. The first kappa shape index (κ1) is 12.9. The van der Waals surface area contributed by atoms with Crippen LogP contribution in [0.3, 0.4) is 0 Å². The van der Waals surface area contributed by atoms with Crippen LogP contribution in [0.25, 0.3) is 0 Å². The zero-order valence-corrected chi connectivity index (χ0v) is 10.7. The number of amides is 1. The van der Waals surface area contributed by atoms with Gasteiger partial charge in [-0.1, -0.05) is 0 Å². The lowest BCUT2D eigenvalue weighted by Gasteiger charge is -2.07. The number of phenolic OH excluding ortho intramolecular Hbond substituents is 1. The molecule has 0 unspecified atom stereocenters. The highest BCUT2D eigenvalue weighted by atomic mass is 16.5. The van der Waals surface area contributed by atoms with Crippen LogP contribution in [0.5, 0.6) is 11.6 Å². The van der Waals surface area contributed by atoms with Gasteiger partial charge in [0.1, 0.15) is 5.75 Å². The smallest absolute Gasteiger partial charge is 0.255 e. The van der Waals surface area contributed by atoms with Crippen molar-refractivity contribution in [3.63, 3.8) is 0 Å². The Bertz CT molecular complexity index is 594. The van der Waals surface area contributed by atoms with Crippen LogP contribution in [0, 0.1) is 6.92 Å². The average Bonchev–Trinajstić information content (AvgIpc) is 2.42. The Morgan fingerprint density at radius 1 is 1.32 bits per heavy atom. The maximum Gasteiger partial charge on any atom is 0.255 e. The molecule has 1 aromatic heterocycles. The summed E-state index contributed by atoms with van der Waals surface area (Å²) in [4.78, 5) is 16.0. The minimum atomic E-state index is -0.255. The van der Waals surface area contributed by atoms with Crippen molar-refractivity contribution in [1.29, 1.82) is 0 Å². The monoisotopic (exact) mass is 258 g/mol. The van der Waals surface area contributed by atoms with E-state index in [0.717, 1.165) is 0 Å². The normalized spacial score (nSPS) is 10.0. The van der Waals surface area contributed by atoms with Gasteiger partial charge in [0.25, 0.3) is 5.91 Å². The SMILES string of the molecule is COc1ccc(NC(=O)c2ccc(O)c(C)c2)cn1. The molecular formula is C14H14N2O3. The Morgan fingerprint density at radius 3 is 2.68 bits per heavy atom. The first-order valence-electron chi connectivity index (χ1n) is 5.71. The second-order valence-corrected chi connectivity index (χ2v) is 4.04. The standard InChI is InChI=1S/C14H14N2O3/c1-9-7-10(3-5-12(9)17)14(18)16-11-4-6-13(19-2)15-8-11/h3-8,17H,1-2H3,(H,16,18). The summed E-state index contributed by atoms with van der Waals surface area (Å²) in [5.41, 5.74) is 1.71. The molecule has 2 aromatic rings. The van der Waals surface area contributed by atoms with E-state index in [1.54, 1.807) is 31.2 Å². The van der Waals surface area contributed by atoms with Gasteiger partial charge in [0.2, 0.25) is 5.88 Å². The Kier molecular flexibility index (Phi) is 3.66. The van der Waals surface area contributed by atoms with Gasteiger partial charge in [0.05, 0.1) is 19.0 Å². The van der Waals surface area contributed by atoms with Crippen molar-refractivity contribution in [3.05, 3.63) is 47.7 Å². The molecule has 0 aliphatic carbocycles. The highest BCUT2D eigenvalue weighted by Crippen LogP contribution is 2.18. The molecule has 5 heteroatoms. The van der Waals surface area contributed by atoms with Crippen LogP contribution in [-0.4, -0.2) is 23.1 Å². The molecule has 19 heavy (non-hydrogen) atoms. The number of carbonyl (C=O) groups is 1. The molecule has 1 aromatic carbocycles.